The molecule has 7 heteroatoms. The van der Waals surface area contributed by atoms with Gasteiger partial charge in [0.05, 0.1) is 41.3 Å². The van der Waals surface area contributed by atoms with Crippen LogP contribution in [0.1, 0.15) is 72.1 Å². The Morgan fingerprint density at radius 1 is 1.15 bits per heavy atom. The van der Waals surface area contributed by atoms with Crippen LogP contribution in [0.3, 0.4) is 0 Å². The average molecular weight is 460 g/mol. The third-order valence-corrected chi connectivity index (χ3v) is 10.7. The molecule has 2 heterocycles. The van der Waals surface area contributed by atoms with E-state index in [1.165, 1.54) is 5.57 Å². The van der Waals surface area contributed by atoms with Gasteiger partial charge in [-0.3, -0.25) is 9.59 Å². The van der Waals surface area contributed by atoms with Crippen molar-refractivity contribution in [1.82, 2.24) is 5.32 Å². The zero-order chi connectivity index (χ0) is 23.4. The molecular weight excluding hydrogens is 422 g/mol. The molecule has 0 radical (unpaired) electrons. The molecule has 9 atom stereocenters. The van der Waals surface area contributed by atoms with E-state index in [0.29, 0.717) is 19.3 Å². The highest BCUT2D eigenvalue weighted by molar-refractivity contribution is 5.92. The second-order valence-corrected chi connectivity index (χ2v) is 12.2. The zero-order valence-electron chi connectivity index (χ0n) is 20.2. The van der Waals surface area contributed by atoms with Gasteiger partial charge in [-0.2, -0.15) is 0 Å². The number of nitrogens with one attached hydrogen (secondary N) is 1. The lowest BCUT2D eigenvalue weighted by Crippen LogP contribution is -2.62. The van der Waals surface area contributed by atoms with Crippen LogP contribution in [0, 0.1) is 22.2 Å². The van der Waals surface area contributed by atoms with E-state index in [-0.39, 0.29) is 46.7 Å². The Morgan fingerprint density at radius 2 is 1.85 bits per heavy atom. The number of carbonyl (C=O) groups excluding carboxylic acids is 1. The summed E-state index contributed by atoms with van der Waals surface area (Å²) >= 11 is 0. The smallest absolute Gasteiger partial charge is 0.310 e. The van der Waals surface area contributed by atoms with Gasteiger partial charge in [0, 0.05) is 18.4 Å². The molecule has 2 spiro atoms. The third-order valence-electron chi connectivity index (χ3n) is 10.7. The summed E-state index contributed by atoms with van der Waals surface area (Å²) in [5.74, 6) is -0.603. The van der Waals surface area contributed by atoms with Crippen molar-refractivity contribution >= 4 is 11.9 Å². The topological polar surface area (TPSA) is 101 Å². The molecule has 6 aliphatic rings. The average Bonchev–Trinajstić information content (AvgIpc) is 3.67. The lowest BCUT2D eigenvalue weighted by atomic mass is 9.56. The number of amides is 1. The molecule has 0 aromatic rings. The van der Waals surface area contributed by atoms with Gasteiger partial charge in [0.25, 0.3) is 0 Å². The monoisotopic (exact) mass is 459 g/mol. The molecule has 4 saturated carbocycles. The molecule has 182 valence electrons. The van der Waals surface area contributed by atoms with E-state index < -0.39 is 16.8 Å². The van der Waals surface area contributed by atoms with Gasteiger partial charge in [-0.05, 0) is 72.1 Å². The lowest BCUT2D eigenvalue weighted by molar-refractivity contribution is -0.152. The van der Waals surface area contributed by atoms with E-state index in [4.69, 9.17) is 14.2 Å². The molecular formula is C26H37NO6. The Bertz CT molecular complexity index is 935. The van der Waals surface area contributed by atoms with E-state index in [9.17, 15) is 14.7 Å². The van der Waals surface area contributed by atoms with Crippen LogP contribution in [0.2, 0.25) is 0 Å². The van der Waals surface area contributed by atoms with Crippen molar-refractivity contribution in [2.24, 2.45) is 22.2 Å². The van der Waals surface area contributed by atoms with E-state index in [2.05, 4.69) is 32.2 Å². The summed E-state index contributed by atoms with van der Waals surface area (Å²) in [6.45, 7) is 7.09. The Hall–Kier alpha value is -1.44. The number of epoxide rings is 2. The molecule has 2 saturated heterocycles. The van der Waals surface area contributed by atoms with Gasteiger partial charge in [-0.15, -0.1) is 0 Å². The normalized spacial score (nSPS) is 52.8. The number of allylic oxidation sites excluding steroid dienone is 1. The van der Waals surface area contributed by atoms with Crippen molar-refractivity contribution in [3.8, 4) is 0 Å². The molecule has 6 rings (SSSR count). The summed E-state index contributed by atoms with van der Waals surface area (Å²) in [6.07, 6.45) is 8.39. The minimum Gasteiger partial charge on any atom is -0.481 e. The van der Waals surface area contributed by atoms with Crippen LogP contribution in [0.15, 0.2) is 11.6 Å². The number of rotatable bonds is 7. The van der Waals surface area contributed by atoms with Crippen molar-refractivity contribution in [2.75, 3.05) is 13.7 Å². The Kier molecular flexibility index (Phi) is 4.42. The number of aliphatic carboxylic acids is 1. The maximum Gasteiger partial charge on any atom is 0.310 e. The fraction of sp³-hybridized carbons (Fsp3) is 0.846. The van der Waals surface area contributed by atoms with Crippen LogP contribution in [0.5, 0.6) is 0 Å². The Balaban J connectivity index is 1.21. The fourth-order valence-electron chi connectivity index (χ4n) is 8.55. The summed E-state index contributed by atoms with van der Waals surface area (Å²) in [5.41, 5.74) is -0.729. The highest BCUT2D eigenvalue weighted by Gasteiger charge is 2.88. The van der Waals surface area contributed by atoms with Gasteiger partial charge >= 0.3 is 5.97 Å². The van der Waals surface area contributed by atoms with Gasteiger partial charge < -0.3 is 24.6 Å². The minimum absolute atomic E-state index is 0.0517. The largest absolute Gasteiger partial charge is 0.481 e. The predicted molar refractivity (Wildman–Crippen MR) is 119 cm³/mol. The number of methoxy groups -OCH3 is 1. The number of hydrogen-bond donors (Lipinski definition) is 2. The van der Waals surface area contributed by atoms with Crippen molar-refractivity contribution in [1.29, 1.82) is 0 Å². The number of carbonyl (C=O) groups is 2. The molecule has 0 aromatic carbocycles. The molecule has 3 unspecified atom stereocenters. The summed E-state index contributed by atoms with van der Waals surface area (Å²) in [7, 11) is 1.73. The van der Waals surface area contributed by atoms with Crippen molar-refractivity contribution in [2.45, 2.75) is 102 Å². The molecule has 2 aliphatic heterocycles. The zero-order valence-corrected chi connectivity index (χ0v) is 20.2. The standard InChI is InChI=1S/C26H37NO6/c1-15(2)5-6-17-22(3,33-17)19-18(31-4)16(7-8-25(19)14-32-25)27-20(28)23-9-10-24(21(29)30)13-26(23,24)12-11-23/h5,16-19H,6-14H2,1-4H3,(H,27,28)(H,29,30)/t16-,17-,18-,19-,22+,23?,24?,25+,26?/m1/s1. The van der Waals surface area contributed by atoms with Crippen LogP contribution >= 0.6 is 0 Å². The summed E-state index contributed by atoms with van der Waals surface area (Å²) in [6, 6.07) is -0.113. The first-order valence-electron chi connectivity index (χ1n) is 12.6. The molecule has 0 aromatic heterocycles. The Morgan fingerprint density at radius 3 is 2.39 bits per heavy atom. The number of hydrogen-bond acceptors (Lipinski definition) is 5. The van der Waals surface area contributed by atoms with E-state index in [1.807, 2.05) is 0 Å². The maximum absolute atomic E-state index is 13.7. The van der Waals surface area contributed by atoms with Crippen LogP contribution < -0.4 is 5.32 Å². The predicted octanol–water partition coefficient (Wildman–Crippen LogP) is 3.21. The molecule has 6 fully saturated rings. The third kappa shape index (κ3) is 2.62. The van der Waals surface area contributed by atoms with Crippen molar-refractivity contribution in [3.63, 3.8) is 0 Å². The summed E-state index contributed by atoms with van der Waals surface area (Å²) < 4.78 is 18.4. The van der Waals surface area contributed by atoms with Gasteiger partial charge in [0.2, 0.25) is 5.91 Å². The van der Waals surface area contributed by atoms with Crippen LogP contribution in [0.4, 0.5) is 0 Å². The van der Waals surface area contributed by atoms with Crippen LogP contribution in [0.25, 0.3) is 0 Å². The van der Waals surface area contributed by atoms with E-state index in [0.717, 1.165) is 38.7 Å². The van der Waals surface area contributed by atoms with Gasteiger partial charge in [-0.1, -0.05) is 11.6 Å². The Labute approximate surface area is 195 Å². The lowest BCUT2D eigenvalue weighted by Gasteiger charge is -2.49. The molecule has 33 heavy (non-hydrogen) atoms. The first-order chi connectivity index (χ1) is 15.6. The van der Waals surface area contributed by atoms with Gasteiger partial charge in [0.1, 0.15) is 5.60 Å². The van der Waals surface area contributed by atoms with E-state index >= 15 is 0 Å². The molecule has 1 amide bonds. The number of carboxylic acids is 1. The summed E-state index contributed by atoms with van der Waals surface area (Å²) in [5, 5.41) is 13.2. The quantitative estimate of drug-likeness (QED) is 0.448. The second kappa shape index (κ2) is 6.61. The molecule has 4 aliphatic carbocycles. The van der Waals surface area contributed by atoms with Crippen LogP contribution in [-0.2, 0) is 23.8 Å². The van der Waals surface area contributed by atoms with Crippen molar-refractivity contribution in [3.05, 3.63) is 11.6 Å². The molecule has 7 nitrogen and oxygen atoms in total. The number of carboxylic acid groups (broad SMARTS) is 1. The maximum atomic E-state index is 13.7. The number of ether oxygens (including phenoxy) is 3. The first kappa shape index (κ1) is 22.1. The minimum atomic E-state index is -0.710. The highest BCUT2D eigenvalue weighted by atomic mass is 16.6. The second-order valence-electron chi connectivity index (χ2n) is 12.2. The fourth-order valence-corrected chi connectivity index (χ4v) is 8.55. The van der Waals surface area contributed by atoms with Gasteiger partial charge in [0.15, 0.2) is 0 Å². The summed E-state index contributed by atoms with van der Waals surface area (Å²) in [4.78, 5) is 25.7. The van der Waals surface area contributed by atoms with Gasteiger partial charge in [-0.25, -0.2) is 0 Å². The molecule has 2 N–H and O–H groups in total. The first-order valence-corrected chi connectivity index (χ1v) is 12.6. The van der Waals surface area contributed by atoms with Crippen molar-refractivity contribution < 1.29 is 28.9 Å². The highest BCUT2D eigenvalue weighted by Crippen LogP contribution is 2.88. The SMILES string of the molecule is CO[C@@H]1[C@H](NC(=O)C23CCC4(C(=O)O)CC42CC3)CC[C@]2(CO2)[C@H]1[C@@]1(C)O[C@@H]1CC=C(C)C. The van der Waals surface area contributed by atoms with E-state index in [1.54, 1.807) is 7.11 Å². The molecule has 0 bridgehead atoms. The van der Waals surface area contributed by atoms with Crippen LogP contribution in [-0.4, -0.2) is 60.2 Å².